The molecule has 5 rings (SSSR count). The van der Waals surface area contributed by atoms with Crippen LogP contribution in [0.4, 0.5) is 4.39 Å². The van der Waals surface area contributed by atoms with Crippen molar-refractivity contribution < 1.29 is 28.8 Å². The van der Waals surface area contributed by atoms with Crippen LogP contribution in [0.2, 0.25) is 5.02 Å². The van der Waals surface area contributed by atoms with Gasteiger partial charge in [-0.1, -0.05) is 41.9 Å². The van der Waals surface area contributed by atoms with Crippen molar-refractivity contribution in [1.82, 2.24) is 0 Å². The largest absolute Gasteiger partial charge is 0.490 e. The third kappa shape index (κ3) is 5.78. The monoisotopic (exact) mass is 498 g/mol. The quantitative estimate of drug-likeness (QED) is 0.478. The molecule has 0 saturated carbocycles. The number of aliphatic hydroxyl groups excluding tert-OH is 2. The number of fused-ring (bicyclic) bond motifs is 1. The molecule has 2 N–H and O–H groups in total. The molecule has 2 heterocycles. The first-order valence-electron chi connectivity index (χ1n) is 11.9. The lowest BCUT2D eigenvalue weighted by atomic mass is 9.94. The summed E-state index contributed by atoms with van der Waals surface area (Å²) in [6, 6.07) is 18.2. The minimum absolute atomic E-state index is 0.110. The van der Waals surface area contributed by atoms with Gasteiger partial charge in [0.15, 0.2) is 0 Å². The van der Waals surface area contributed by atoms with Gasteiger partial charge in [-0.2, -0.15) is 0 Å². The molecule has 5 nitrogen and oxygen atoms in total. The Hall–Kier alpha value is -2.64. The molecule has 3 aromatic rings. The fraction of sp³-hybridized carbons (Fsp3) is 0.357. The van der Waals surface area contributed by atoms with E-state index in [1.165, 1.54) is 12.1 Å². The maximum Gasteiger partial charge on any atom is 0.137 e. The van der Waals surface area contributed by atoms with E-state index >= 15 is 0 Å². The lowest BCUT2D eigenvalue weighted by Gasteiger charge is -2.32. The maximum absolute atomic E-state index is 13.4. The molecule has 0 aliphatic carbocycles. The van der Waals surface area contributed by atoms with Gasteiger partial charge in [0.25, 0.3) is 0 Å². The Labute approximate surface area is 209 Å². The molecule has 2 aliphatic heterocycles. The predicted octanol–water partition coefficient (Wildman–Crippen LogP) is 5.03. The Morgan fingerprint density at radius 3 is 2.63 bits per heavy atom. The molecule has 1 saturated heterocycles. The number of aliphatic hydroxyl groups is 2. The second kappa shape index (κ2) is 10.5. The molecule has 0 spiro atoms. The van der Waals surface area contributed by atoms with Crippen LogP contribution >= 0.6 is 11.6 Å². The van der Waals surface area contributed by atoms with Gasteiger partial charge >= 0.3 is 0 Å². The first kappa shape index (κ1) is 24.1. The Bertz CT molecular complexity index is 1170. The molecule has 184 valence electrons. The molecule has 0 aromatic heterocycles. The summed E-state index contributed by atoms with van der Waals surface area (Å²) >= 11 is 6.48. The summed E-state index contributed by atoms with van der Waals surface area (Å²) in [5.41, 5.74) is 3.98. The SMILES string of the molecule is OCC1CC(O)CC(c2ccc(Cl)c(Cc3ccc(OCC4Cc5ccc(F)cc5O4)cc3)c2)O1. The van der Waals surface area contributed by atoms with E-state index in [0.717, 1.165) is 28.0 Å². The van der Waals surface area contributed by atoms with Crippen LogP contribution in [0.15, 0.2) is 60.7 Å². The third-order valence-corrected chi connectivity index (χ3v) is 6.92. The minimum Gasteiger partial charge on any atom is -0.490 e. The van der Waals surface area contributed by atoms with Crippen molar-refractivity contribution >= 4 is 11.6 Å². The van der Waals surface area contributed by atoms with Crippen LogP contribution < -0.4 is 9.47 Å². The highest BCUT2D eigenvalue weighted by Gasteiger charge is 2.29. The highest BCUT2D eigenvalue weighted by molar-refractivity contribution is 6.31. The van der Waals surface area contributed by atoms with Gasteiger partial charge in [0.2, 0.25) is 0 Å². The summed E-state index contributed by atoms with van der Waals surface area (Å²) in [6.07, 6.45) is 1.00. The molecular weight excluding hydrogens is 471 g/mol. The average Bonchev–Trinajstić information content (AvgIpc) is 3.26. The van der Waals surface area contributed by atoms with Gasteiger partial charge in [0, 0.05) is 30.4 Å². The van der Waals surface area contributed by atoms with Crippen molar-refractivity contribution in [1.29, 1.82) is 0 Å². The maximum atomic E-state index is 13.4. The Morgan fingerprint density at radius 1 is 1.00 bits per heavy atom. The number of hydrogen-bond donors (Lipinski definition) is 2. The smallest absolute Gasteiger partial charge is 0.137 e. The van der Waals surface area contributed by atoms with Crippen molar-refractivity contribution in [2.45, 2.75) is 50.1 Å². The highest BCUT2D eigenvalue weighted by atomic mass is 35.5. The van der Waals surface area contributed by atoms with Gasteiger partial charge in [-0.05, 0) is 52.9 Å². The van der Waals surface area contributed by atoms with Gasteiger partial charge in [0.05, 0.1) is 24.9 Å². The van der Waals surface area contributed by atoms with Crippen LogP contribution in [-0.2, 0) is 17.6 Å². The Balaban J connectivity index is 1.19. The zero-order valence-corrected chi connectivity index (χ0v) is 20.0. The molecule has 0 amide bonds. The summed E-state index contributed by atoms with van der Waals surface area (Å²) < 4.78 is 31.0. The van der Waals surface area contributed by atoms with Crippen LogP contribution in [0.5, 0.6) is 11.5 Å². The zero-order chi connectivity index (χ0) is 24.4. The fourth-order valence-electron chi connectivity index (χ4n) is 4.73. The normalized spacial score (nSPS) is 23.5. The van der Waals surface area contributed by atoms with E-state index in [0.29, 0.717) is 43.1 Å². The van der Waals surface area contributed by atoms with E-state index in [4.69, 9.17) is 25.8 Å². The predicted molar refractivity (Wildman–Crippen MR) is 131 cm³/mol. The van der Waals surface area contributed by atoms with E-state index in [1.54, 1.807) is 6.07 Å². The van der Waals surface area contributed by atoms with Crippen molar-refractivity contribution in [3.8, 4) is 11.5 Å². The van der Waals surface area contributed by atoms with Crippen molar-refractivity contribution in [2.24, 2.45) is 0 Å². The fourth-order valence-corrected chi connectivity index (χ4v) is 4.92. The van der Waals surface area contributed by atoms with E-state index in [1.807, 2.05) is 42.5 Å². The molecule has 1 fully saturated rings. The summed E-state index contributed by atoms with van der Waals surface area (Å²) in [5, 5.41) is 20.3. The second-order valence-electron chi connectivity index (χ2n) is 9.23. The minimum atomic E-state index is -0.498. The summed E-state index contributed by atoms with van der Waals surface area (Å²) in [7, 11) is 0. The molecule has 3 aromatic carbocycles. The molecule has 4 unspecified atom stereocenters. The highest BCUT2D eigenvalue weighted by Crippen LogP contribution is 2.34. The van der Waals surface area contributed by atoms with E-state index in [2.05, 4.69) is 0 Å². The van der Waals surface area contributed by atoms with Gasteiger partial charge < -0.3 is 24.4 Å². The first-order valence-corrected chi connectivity index (χ1v) is 12.2. The van der Waals surface area contributed by atoms with E-state index in [-0.39, 0.29) is 30.7 Å². The van der Waals surface area contributed by atoms with Crippen molar-refractivity contribution in [3.63, 3.8) is 0 Å². The van der Waals surface area contributed by atoms with Crippen LogP contribution in [0.3, 0.4) is 0 Å². The molecule has 35 heavy (non-hydrogen) atoms. The lowest BCUT2D eigenvalue weighted by molar-refractivity contribution is -0.113. The van der Waals surface area contributed by atoms with E-state index in [9.17, 15) is 14.6 Å². The number of rotatable bonds is 7. The molecular formula is C28H28ClFO5. The van der Waals surface area contributed by atoms with Crippen LogP contribution in [0, 0.1) is 5.82 Å². The Kier molecular flexibility index (Phi) is 7.25. The Morgan fingerprint density at radius 2 is 1.83 bits per heavy atom. The van der Waals surface area contributed by atoms with Gasteiger partial charge in [-0.15, -0.1) is 0 Å². The zero-order valence-electron chi connectivity index (χ0n) is 19.2. The van der Waals surface area contributed by atoms with Crippen molar-refractivity contribution in [2.75, 3.05) is 13.2 Å². The van der Waals surface area contributed by atoms with Crippen molar-refractivity contribution in [3.05, 3.63) is 93.8 Å². The lowest BCUT2D eigenvalue weighted by Crippen LogP contribution is -2.33. The van der Waals surface area contributed by atoms with E-state index < -0.39 is 6.10 Å². The number of ether oxygens (including phenoxy) is 3. The number of halogens is 2. The first-order chi connectivity index (χ1) is 17.0. The molecule has 4 atom stereocenters. The third-order valence-electron chi connectivity index (χ3n) is 6.55. The van der Waals surface area contributed by atoms with Gasteiger partial charge in [-0.25, -0.2) is 4.39 Å². The summed E-state index contributed by atoms with van der Waals surface area (Å²) in [6.45, 7) is 0.270. The van der Waals surface area contributed by atoms with Gasteiger partial charge in [-0.3, -0.25) is 0 Å². The second-order valence-corrected chi connectivity index (χ2v) is 9.64. The summed E-state index contributed by atoms with van der Waals surface area (Å²) in [5.74, 6) is 1.02. The standard InChI is InChI=1S/C28H28ClFO5/c29-26-8-4-18(28-14-22(32)13-24(15-31)34-28)10-20(26)9-17-1-6-23(7-2-17)33-16-25-11-19-3-5-21(30)12-27(19)35-25/h1-8,10,12,22,24-25,28,31-32H,9,11,13-16H2. The summed E-state index contributed by atoms with van der Waals surface area (Å²) in [4.78, 5) is 0. The molecule has 2 aliphatic rings. The average molecular weight is 499 g/mol. The molecule has 0 bridgehead atoms. The topological polar surface area (TPSA) is 68.2 Å². The van der Waals surface area contributed by atoms with Gasteiger partial charge in [0.1, 0.15) is 30.0 Å². The van der Waals surface area contributed by atoms with Crippen LogP contribution in [0.25, 0.3) is 0 Å². The molecule has 7 heteroatoms. The van der Waals surface area contributed by atoms with Crippen LogP contribution in [-0.4, -0.2) is 41.7 Å². The van der Waals surface area contributed by atoms with Crippen LogP contribution in [0.1, 0.15) is 41.2 Å². The number of benzene rings is 3. The molecule has 0 radical (unpaired) electrons. The number of hydrogen-bond acceptors (Lipinski definition) is 5.